The summed E-state index contributed by atoms with van der Waals surface area (Å²) in [4.78, 5) is 23.5. The highest BCUT2D eigenvalue weighted by molar-refractivity contribution is 5.95. The summed E-state index contributed by atoms with van der Waals surface area (Å²) in [7, 11) is 0. The van der Waals surface area contributed by atoms with Crippen molar-refractivity contribution < 1.29 is 0 Å². The Morgan fingerprint density at radius 2 is 0.911 bits per heavy atom. The van der Waals surface area contributed by atoms with Crippen molar-refractivity contribution in [2.24, 2.45) is 0 Å². The molecule has 8 aromatic rings. The predicted molar refractivity (Wildman–Crippen MR) is 221 cm³/mol. The van der Waals surface area contributed by atoms with Crippen LogP contribution in [0.1, 0.15) is 67.2 Å². The van der Waals surface area contributed by atoms with Crippen molar-refractivity contribution in [1.82, 2.24) is 19.9 Å². The topological polar surface area (TPSA) is 58.0 Å². The van der Waals surface area contributed by atoms with E-state index >= 15 is 0 Å². The van der Waals surface area contributed by atoms with Crippen LogP contribution in [0.5, 0.6) is 0 Å². The molecular weight excluding hydrogens is 685 g/mol. The molecule has 4 aliphatic heterocycles. The SMILES string of the molecule is c1ccc2c(c1)Cc1ccc3c(c1-2)Cc1ccnc2c1N3c1cccnc1C2.c1ccc2c(c1)Cc1ccc3c(c1-2)Cc1cncc2c1N3c1cccnc1C2. The van der Waals surface area contributed by atoms with Gasteiger partial charge in [0.05, 0.1) is 51.2 Å². The average Bonchev–Trinajstić information content (AvgIpc) is 3.83. The third-order valence-electron chi connectivity index (χ3n) is 12.8. The minimum Gasteiger partial charge on any atom is -0.308 e. The molecule has 6 heteroatoms. The van der Waals surface area contributed by atoms with Crippen LogP contribution < -0.4 is 9.80 Å². The molecule has 14 rings (SSSR count). The maximum atomic E-state index is 4.71. The van der Waals surface area contributed by atoms with Gasteiger partial charge in [0.2, 0.25) is 0 Å². The van der Waals surface area contributed by atoms with Crippen molar-refractivity contribution in [2.75, 3.05) is 9.80 Å². The molecule has 0 saturated heterocycles. The molecule has 4 aromatic carbocycles. The minimum absolute atomic E-state index is 0.805. The molecule has 0 radical (unpaired) electrons. The maximum Gasteiger partial charge on any atom is 0.0717 e. The quantitative estimate of drug-likeness (QED) is 0.156. The average molecular weight is 719 g/mol. The number of fused-ring (bicyclic) bond motifs is 16. The third kappa shape index (κ3) is 4.16. The van der Waals surface area contributed by atoms with Gasteiger partial charge in [0.15, 0.2) is 0 Å². The monoisotopic (exact) mass is 718 g/mol. The smallest absolute Gasteiger partial charge is 0.0717 e. The number of hydrogen-bond acceptors (Lipinski definition) is 6. The van der Waals surface area contributed by atoms with Crippen LogP contribution in [-0.4, -0.2) is 19.9 Å². The summed E-state index contributed by atoms with van der Waals surface area (Å²) < 4.78 is 0. The zero-order valence-electron chi connectivity index (χ0n) is 30.6. The Balaban J connectivity index is 0.000000118. The lowest BCUT2D eigenvalue weighted by molar-refractivity contribution is 0.927. The summed E-state index contributed by atoms with van der Waals surface area (Å²) in [6.07, 6.45) is 15.4. The molecule has 0 spiro atoms. The molecule has 0 atom stereocenters. The fraction of sp³-hybridized carbons (Fsp3) is 0.120. The fourth-order valence-corrected chi connectivity index (χ4v) is 10.5. The molecule has 264 valence electrons. The molecule has 0 fully saturated rings. The Morgan fingerprint density at radius 1 is 0.357 bits per heavy atom. The molecule has 0 unspecified atom stereocenters. The Kier molecular flexibility index (Phi) is 6.14. The zero-order valence-corrected chi connectivity index (χ0v) is 30.6. The first-order chi connectivity index (χ1) is 27.8. The van der Waals surface area contributed by atoms with Crippen molar-refractivity contribution in [1.29, 1.82) is 0 Å². The van der Waals surface area contributed by atoms with Crippen molar-refractivity contribution in [3.8, 4) is 22.3 Å². The third-order valence-corrected chi connectivity index (χ3v) is 12.8. The van der Waals surface area contributed by atoms with E-state index in [2.05, 4.69) is 122 Å². The van der Waals surface area contributed by atoms with E-state index in [1.165, 1.54) is 106 Å². The summed E-state index contributed by atoms with van der Waals surface area (Å²) in [6.45, 7) is 0. The van der Waals surface area contributed by atoms with Crippen LogP contribution in [0.25, 0.3) is 22.3 Å². The second-order valence-corrected chi connectivity index (χ2v) is 15.8. The molecule has 0 amide bonds. The van der Waals surface area contributed by atoms with E-state index in [4.69, 9.17) is 4.98 Å². The number of hydrogen-bond donors (Lipinski definition) is 0. The lowest BCUT2D eigenvalue weighted by atomic mass is 9.86. The minimum atomic E-state index is 0.805. The lowest BCUT2D eigenvalue weighted by Crippen LogP contribution is -2.26. The van der Waals surface area contributed by atoms with Gasteiger partial charge in [-0.25, -0.2) is 0 Å². The van der Waals surface area contributed by atoms with E-state index in [9.17, 15) is 0 Å². The normalized spacial score (nSPS) is 14.6. The number of pyridine rings is 4. The molecule has 2 aliphatic carbocycles. The van der Waals surface area contributed by atoms with Gasteiger partial charge in [-0.1, -0.05) is 60.7 Å². The zero-order chi connectivity index (χ0) is 36.5. The highest BCUT2D eigenvalue weighted by atomic mass is 15.2. The van der Waals surface area contributed by atoms with Crippen molar-refractivity contribution in [2.45, 2.75) is 38.5 Å². The second-order valence-electron chi connectivity index (χ2n) is 15.8. The van der Waals surface area contributed by atoms with E-state index in [1.807, 2.05) is 36.9 Å². The van der Waals surface area contributed by atoms with Gasteiger partial charge < -0.3 is 9.80 Å². The Bertz CT molecular complexity index is 2810. The number of aromatic nitrogens is 4. The Morgan fingerprint density at radius 3 is 1.57 bits per heavy atom. The van der Waals surface area contributed by atoms with Crippen LogP contribution in [0.2, 0.25) is 0 Å². The van der Waals surface area contributed by atoms with Gasteiger partial charge in [0.1, 0.15) is 0 Å². The van der Waals surface area contributed by atoms with Crippen molar-refractivity contribution in [3.63, 3.8) is 0 Å². The summed E-state index contributed by atoms with van der Waals surface area (Å²) in [6, 6.07) is 37.6. The second kappa shape index (κ2) is 11.3. The molecular formula is C50H34N6. The highest BCUT2D eigenvalue weighted by Gasteiger charge is 2.37. The van der Waals surface area contributed by atoms with Gasteiger partial charge in [-0.2, -0.15) is 0 Å². The van der Waals surface area contributed by atoms with E-state index in [-0.39, 0.29) is 0 Å². The maximum absolute atomic E-state index is 4.71. The Labute approximate surface area is 324 Å². The van der Waals surface area contributed by atoms with Crippen LogP contribution in [-0.2, 0) is 38.5 Å². The van der Waals surface area contributed by atoms with Gasteiger partial charge in [-0.05, 0) is 122 Å². The summed E-state index contributed by atoms with van der Waals surface area (Å²) in [5.41, 5.74) is 29.2. The first kappa shape index (κ1) is 30.4. The first-order valence-corrected chi connectivity index (χ1v) is 19.6. The predicted octanol–water partition coefficient (Wildman–Crippen LogP) is 10.7. The molecule has 6 nitrogen and oxygen atoms in total. The molecule has 0 N–H and O–H groups in total. The van der Waals surface area contributed by atoms with Gasteiger partial charge in [-0.15, -0.1) is 0 Å². The number of rotatable bonds is 0. The fourth-order valence-electron chi connectivity index (χ4n) is 10.5. The van der Waals surface area contributed by atoms with Crippen LogP contribution in [0.15, 0.2) is 134 Å². The summed E-state index contributed by atoms with van der Waals surface area (Å²) >= 11 is 0. The first-order valence-electron chi connectivity index (χ1n) is 19.6. The number of nitrogens with zero attached hydrogens (tertiary/aromatic N) is 6. The standard InChI is InChI=1S/2C25H17N3/c1-2-5-18-15(4-1)12-16-7-8-22-19(24(16)18)13-17-9-11-27-21-14-20-23(6-3-10-26-20)28(22)25(17)21;1-2-5-19-15(4-1)10-16-7-8-22-20(24(16)19)11-17-13-26-14-18-12-21-23(6-3-9-27-21)28(22)25(17)18/h1-11H,12-14H2;1-9,13-14H,10-12H2. The van der Waals surface area contributed by atoms with E-state index < -0.39 is 0 Å². The van der Waals surface area contributed by atoms with Crippen LogP contribution in [0.4, 0.5) is 34.1 Å². The van der Waals surface area contributed by atoms with E-state index in [0.717, 1.165) is 55.6 Å². The highest BCUT2D eigenvalue weighted by Crippen LogP contribution is 2.55. The molecule has 4 aromatic heterocycles. The Hall–Kier alpha value is -6.92. The van der Waals surface area contributed by atoms with E-state index in [0.29, 0.717) is 0 Å². The van der Waals surface area contributed by atoms with Gasteiger partial charge in [0, 0.05) is 62.2 Å². The van der Waals surface area contributed by atoms with Gasteiger partial charge in [0.25, 0.3) is 0 Å². The van der Waals surface area contributed by atoms with Crippen molar-refractivity contribution >= 4 is 34.1 Å². The van der Waals surface area contributed by atoms with Crippen LogP contribution in [0, 0.1) is 0 Å². The molecule has 6 aliphatic rings. The summed E-state index contributed by atoms with van der Waals surface area (Å²) in [5.74, 6) is 0. The van der Waals surface area contributed by atoms with Crippen LogP contribution >= 0.6 is 0 Å². The molecule has 0 bridgehead atoms. The molecule has 8 heterocycles. The lowest BCUT2D eigenvalue weighted by Gasteiger charge is -2.39. The van der Waals surface area contributed by atoms with Crippen molar-refractivity contribution in [3.05, 3.63) is 201 Å². The van der Waals surface area contributed by atoms with Crippen LogP contribution in [0.3, 0.4) is 0 Å². The van der Waals surface area contributed by atoms with E-state index in [1.54, 1.807) is 0 Å². The summed E-state index contributed by atoms with van der Waals surface area (Å²) in [5, 5.41) is 0. The number of anilines is 6. The van der Waals surface area contributed by atoms with Gasteiger partial charge >= 0.3 is 0 Å². The molecule has 56 heavy (non-hydrogen) atoms. The van der Waals surface area contributed by atoms with Gasteiger partial charge in [-0.3, -0.25) is 19.9 Å². The number of benzene rings is 4. The largest absolute Gasteiger partial charge is 0.308 e. The molecule has 0 saturated carbocycles.